The third-order valence-electron chi connectivity index (χ3n) is 3.84. The summed E-state index contributed by atoms with van der Waals surface area (Å²) in [6.07, 6.45) is 3.60. The normalized spacial score (nSPS) is 13.5. The van der Waals surface area contributed by atoms with Crippen molar-refractivity contribution in [2.75, 3.05) is 19.7 Å². The Morgan fingerprint density at radius 3 is 2.69 bits per heavy atom. The van der Waals surface area contributed by atoms with Gasteiger partial charge in [-0.1, -0.05) is 18.2 Å². The monoisotopic (exact) mass is 474 g/mol. The highest BCUT2D eigenvalue weighted by Crippen LogP contribution is 2.19. The SMILES string of the molecule is CCNC(=NCc1ccccc1OCC)NCCCC(=O)NC1CC1.I. The largest absolute Gasteiger partial charge is 0.494 e. The summed E-state index contributed by atoms with van der Waals surface area (Å²) >= 11 is 0. The van der Waals surface area contributed by atoms with Gasteiger partial charge in [-0.3, -0.25) is 4.79 Å². The first-order valence-corrected chi connectivity index (χ1v) is 9.25. The minimum absolute atomic E-state index is 0. The second-order valence-corrected chi connectivity index (χ2v) is 6.11. The molecule has 0 spiro atoms. The standard InChI is InChI=1S/C19H30N4O2.HI/c1-3-20-19(21-13-7-10-18(24)23-16-11-12-16)22-14-15-8-5-6-9-17(15)25-4-2;/h5-6,8-9,16H,3-4,7,10-14H2,1-2H3,(H,23,24)(H2,20,21,22);1H. The number of benzene rings is 1. The highest BCUT2D eigenvalue weighted by atomic mass is 127. The van der Waals surface area contributed by atoms with Crippen molar-refractivity contribution < 1.29 is 9.53 Å². The molecule has 1 fully saturated rings. The van der Waals surface area contributed by atoms with Gasteiger partial charge in [0, 0.05) is 31.1 Å². The van der Waals surface area contributed by atoms with Crippen LogP contribution in [-0.2, 0) is 11.3 Å². The molecule has 1 aliphatic rings. The number of carbonyl (C=O) groups is 1. The van der Waals surface area contributed by atoms with Gasteiger partial charge in [0.05, 0.1) is 13.2 Å². The van der Waals surface area contributed by atoms with Crippen molar-refractivity contribution in [3.05, 3.63) is 29.8 Å². The van der Waals surface area contributed by atoms with Crippen LogP contribution in [0.4, 0.5) is 0 Å². The number of guanidine groups is 1. The minimum Gasteiger partial charge on any atom is -0.494 e. The molecule has 1 aliphatic carbocycles. The molecule has 1 aromatic rings. The number of para-hydroxylation sites is 1. The average molecular weight is 474 g/mol. The smallest absolute Gasteiger partial charge is 0.220 e. The van der Waals surface area contributed by atoms with Crippen LogP contribution in [0.1, 0.15) is 45.1 Å². The van der Waals surface area contributed by atoms with Crippen LogP contribution < -0.4 is 20.7 Å². The number of hydrogen-bond donors (Lipinski definition) is 3. The van der Waals surface area contributed by atoms with Crippen molar-refractivity contribution in [2.45, 2.75) is 52.1 Å². The van der Waals surface area contributed by atoms with Gasteiger partial charge in [0.1, 0.15) is 5.75 Å². The molecule has 3 N–H and O–H groups in total. The predicted molar refractivity (Wildman–Crippen MR) is 116 cm³/mol. The summed E-state index contributed by atoms with van der Waals surface area (Å²) < 4.78 is 5.64. The zero-order valence-corrected chi connectivity index (χ0v) is 18.0. The Labute approximate surface area is 173 Å². The molecule has 1 saturated carbocycles. The van der Waals surface area contributed by atoms with Crippen LogP contribution in [0.15, 0.2) is 29.3 Å². The molecule has 0 heterocycles. The second-order valence-electron chi connectivity index (χ2n) is 6.11. The van der Waals surface area contributed by atoms with Crippen molar-refractivity contribution in [1.29, 1.82) is 0 Å². The Balaban J connectivity index is 0.00000338. The molecular weight excluding hydrogens is 443 g/mol. The van der Waals surface area contributed by atoms with Gasteiger partial charge in [-0.15, -0.1) is 24.0 Å². The first-order chi connectivity index (χ1) is 12.2. The van der Waals surface area contributed by atoms with Crippen LogP contribution in [0.2, 0.25) is 0 Å². The Morgan fingerprint density at radius 1 is 1.23 bits per heavy atom. The van der Waals surface area contributed by atoms with E-state index in [1.54, 1.807) is 0 Å². The van der Waals surface area contributed by atoms with Crippen molar-refractivity contribution in [3.63, 3.8) is 0 Å². The molecule has 2 rings (SSSR count). The maximum atomic E-state index is 11.7. The van der Waals surface area contributed by atoms with E-state index in [9.17, 15) is 4.79 Å². The van der Waals surface area contributed by atoms with Crippen LogP contribution in [0.3, 0.4) is 0 Å². The van der Waals surface area contributed by atoms with E-state index in [0.717, 1.165) is 49.6 Å². The van der Waals surface area contributed by atoms with Gasteiger partial charge in [0.2, 0.25) is 5.91 Å². The predicted octanol–water partition coefficient (Wildman–Crippen LogP) is 2.82. The third-order valence-corrected chi connectivity index (χ3v) is 3.84. The Kier molecular flexibility index (Phi) is 11.1. The molecule has 0 unspecified atom stereocenters. The first kappa shape index (κ1) is 22.5. The summed E-state index contributed by atoms with van der Waals surface area (Å²) in [4.78, 5) is 16.3. The summed E-state index contributed by atoms with van der Waals surface area (Å²) in [5.41, 5.74) is 1.06. The number of nitrogens with zero attached hydrogens (tertiary/aromatic N) is 1. The van der Waals surface area contributed by atoms with E-state index in [1.165, 1.54) is 0 Å². The van der Waals surface area contributed by atoms with Gasteiger partial charge < -0.3 is 20.7 Å². The zero-order valence-electron chi connectivity index (χ0n) is 15.7. The molecule has 26 heavy (non-hydrogen) atoms. The number of hydrogen-bond acceptors (Lipinski definition) is 3. The minimum atomic E-state index is 0. The molecule has 0 atom stereocenters. The van der Waals surface area contributed by atoms with Gasteiger partial charge in [-0.05, 0) is 39.2 Å². The molecule has 6 nitrogen and oxygen atoms in total. The maximum absolute atomic E-state index is 11.7. The molecule has 146 valence electrons. The fourth-order valence-electron chi connectivity index (χ4n) is 2.42. The lowest BCUT2D eigenvalue weighted by Crippen LogP contribution is -2.38. The summed E-state index contributed by atoms with van der Waals surface area (Å²) in [5, 5.41) is 9.52. The van der Waals surface area contributed by atoms with E-state index in [0.29, 0.717) is 25.6 Å². The van der Waals surface area contributed by atoms with E-state index in [2.05, 4.69) is 20.9 Å². The topological polar surface area (TPSA) is 74.8 Å². The van der Waals surface area contributed by atoms with E-state index >= 15 is 0 Å². The number of carbonyl (C=O) groups excluding carboxylic acids is 1. The molecule has 0 radical (unpaired) electrons. The lowest BCUT2D eigenvalue weighted by atomic mass is 10.2. The Hall–Kier alpha value is -1.51. The molecule has 0 aliphatic heterocycles. The van der Waals surface area contributed by atoms with Crippen LogP contribution in [0.25, 0.3) is 0 Å². The van der Waals surface area contributed by atoms with Crippen molar-refractivity contribution in [2.24, 2.45) is 4.99 Å². The van der Waals surface area contributed by atoms with Crippen LogP contribution in [-0.4, -0.2) is 37.6 Å². The number of amides is 1. The average Bonchev–Trinajstić information content (AvgIpc) is 3.41. The van der Waals surface area contributed by atoms with E-state index in [-0.39, 0.29) is 29.9 Å². The fraction of sp³-hybridized carbons (Fsp3) is 0.579. The molecule has 1 amide bonds. The van der Waals surface area contributed by atoms with E-state index in [4.69, 9.17) is 4.74 Å². The molecule has 1 aromatic carbocycles. The lowest BCUT2D eigenvalue weighted by molar-refractivity contribution is -0.121. The third kappa shape index (κ3) is 8.73. The number of aliphatic imine (C=N–C) groups is 1. The second kappa shape index (κ2) is 12.8. The van der Waals surface area contributed by atoms with E-state index in [1.807, 2.05) is 38.1 Å². The summed E-state index contributed by atoms with van der Waals surface area (Å²) in [6.45, 7) is 6.72. The van der Waals surface area contributed by atoms with Gasteiger partial charge in [-0.2, -0.15) is 0 Å². The number of ether oxygens (including phenoxy) is 1. The molecule has 0 aromatic heterocycles. The lowest BCUT2D eigenvalue weighted by Gasteiger charge is -2.12. The number of halogens is 1. The molecule has 0 bridgehead atoms. The summed E-state index contributed by atoms with van der Waals surface area (Å²) in [7, 11) is 0. The quantitative estimate of drug-likeness (QED) is 0.211. The van der Waals surface area contributed by atoms with Crippen molar-refractivity contribution in [3.8, 4) is 5.75 Å². The van der Waals surface area contributed by atoms with Crippen LogP contribution in [0.5, 0.6) is 5.75 Å². The van der Waals surface area contributed by atoms with Crippen molar-refractivity contribution >= 4 is 35.8 Å². The molecular formula is C19H31IN4O2. The summed E-state index contributed by atoms with van der Waals surface area (Å²) in [6, 6.07) is 8.39. The first-order valence-electron chi connectivity index (χ1n) is 9.25. The van der Waals surface area contributed by atoms with Crippen LogP contribution >= 0.6 is 24.0 Å². The zero-order chi connectivity index (χ0) is 17.9. The van der Waals surface area contributed by atoms with Gasteiger partial charge in [0.15, 0.2) is 5.96 Å². The van der Waals surface area contributed by atoms with Crippen molar-refractivity contribution in [1.82, 2.24) is 16.0 Å². The summed E-state index contributed by atoms with van der Waals surface area (Å²) in [5.74, 6) is 1.79. The number of rotatable bonds is 10. The van der Waals surface area contributed by atoms with E-state index < -0.39 is 0 Å². The highest BCUT2D eigenvalue weighted by molar-refractivity contribution is 14.0. The van der Waals surface area contributed by atoms with Gasteiger partial charge in [0.25, 0.3) is 0 Å². The number of nitrogens with one attached hydrogen (secondary N) is 3. The van der Waals surface area contributed by atoms with Crippen LogP contribution in [0, 0.1) is 0 Å². The highest BCUT2D eigenvalue weighted by Gasteiger charge is 2.22. The van der Waals surface area contributed by atoms with Gasteiger partial charge in [-0.25, -0.2) is 4.99 Å². The Morgan fingerprint density at radius 2 is 2.00 bits per heavy atom. The maximum Gasteiger partial charge on any atom is 0.220 e. The molecule has 0 saturated heterocycles. The Bertz CT molecular complexity index is 576. The fourth-order valence-corrected chi connectivity index (χ4v) is 2.42. The molecule has 7 heteroatoms. The van der Waals surface area contributed by atoms with Gasteiger partial charge >= 0.3 is 0 Å².